The fourth-order valence-corrected chi connectivity index (χ4v) is 6.28. The molecule has 2 aliphatic rings. The summed E-state index contributed by atoms with van der Waals surface area (Å²) in [5.41, 5.74) is 28.1. The average molecular weight is 624 g/mol. The number of phenols is 1. The van der Waals surface area contributed by atoms with Crippen molar-refractivity contribution in [2.75, 3.05) is 46.6 Å². The van der Waals surface area contributed by atoms with Gasteiger partial charge in [0.1, 0.15) is 11.0 Å². The minimum atomic E-state index is -0.447. The van der Waals surface area contributed by atoms with Crippen molar-refractivity contribution in [3.05, 3.63) is 60.3 Å². The molecule has 0 aliphatic carbocycles. The van der Waals surface area contributed by atoms with E-state index >= 15 is 0 Å². The summed E-state index contributed by atoms with van der Waals surface area (Å²) in [5, 5.41) is 17.5. The van der Waals surface area contributed by atoms with Crippen LogP contribution < -0.4 is 43.4 Å². The van der Waals surface area contributed by atoms with Crippen LogP contribution >= 0.6 is 0 Å². The molecule has 5 heterocycles. The quantitative estimate of drug-likeness (QED) is 0.133. The Kier molecular flexibility index (Phi) is 7.74. The number of imidazole rings is 1. The maximum atomic E-state index is 13.0. The SMILES string of the molecule is N[C@@H]1C[C@H](N)CN(c2nc(N3C[C@H](N)C[C@H](N)C3)c3[nH]c(Nc4ccc(NC(=O)c5ccc6cccnc6c5O)cc4)nc3n2)C1. The summed E-state index contributed by atoms with van der Waals surface area (Å²) in [6.07, 6.45) is 3.05. The third-order valence-electron chi connectivity index (χ3n) is 8.33. The van der Waals surface area contributed by atoms with Crippen LogP contribution in [0.15, 0.2) is 54.7 Å². The number of hydrogen-bond donors (Lipinski definition) is 8. The predicted molar refractivity (Wildman–Crippen MR) is 178 cm³/mol. The molecule has 2 saturated heterocycles. The number of amides is 1. The first-order chi connectivity index (χ1) is 22.2. The lowest BCUT2D eigenvalue weighted by atomic mass is 10.0. The van der Waals surface area contributed by atoms with Crippen molar-refractivity contribution in [1.29, 1.82) is 0 Å². The third-order valence-corrected chi connectivity index (χ3v) is 8.33. The van der Waals surface area contributed by atoms with E-state index < -0.39 is 5.91 Å². The molecule has 2 aliphatic heterocycles. The maximum Gasteiger partial charge on any atom is 0.259 e. The highest BCUT2D eigenvalue weighted by atomic mass is 16.3. The zero-order valence-corrected chi connectivity index (χ0v) is 25.1. The van der Waals surface area contributed by atoms with Crippen LogP contribution in [0, 0.1) is 0 Å². The molecule has 15 nitrogen and oxygen atoms in total. The number of anilines is 5. The Labute approximate surface area is 264 Å². The summed E-state index contributed by atoms with van der Waals surface area (Å²) in [5.74, 6) is 1.03. The van der Waals surface area contributed by atoms with Crippen molar-refractivity contribution in [1.82, 2.24) is 24.9 Å². The number of pyridine rings is 1. The van der Waals surface area contributed by atoms with Crippen LogP contribution in [0.2, 0.25) is 0 Å². The molecule has 5 aromatic rings. The Morgan fingerprint density at radius 2 is 1.48 bits per heavy atom. The number of H-pyrrole nitrogens is 1. The van der Waals surface area contributed by atoms with Crippen molar-refractivity contribution in [2.45, 2.75) is 37.0 Å². The zero-order chi connectivity index (χ0) is 31.9. The molecule has 2 aromatic carbocycles. The number of piperidine rings is 2. The molecule has 0 saturated carbocycles. The number of aromatic amines is 1. The van der Waals surface area contributed by atoms with Gasteiger partial charge in [-0.25, -0.2) is 0 Å². The molecule has 15 heteroatoms. The standard InChI is InChI=1S/C31H37N13O2/c32-17-10-18(33)13-43(12-17)28-25-27(41-31(42-28)44-14-19(34)11-20(35)15-44)40-30(39-25)38-22-6-4-21(5-7-22)37-29(46)23-8-3-16-2-1-9-36-24(16)26(23)45/h1-9,17-20,45H,10-15,32-35H2,(H,37,46)(H2,38,39,40,41,42)/t17-,18+,19-,20+. The molecule has 0 spiro atoms. The van der Waals surface area contributed by atoms with E-state index in [9.17, 15) is 9.90 Å². The van der Waals surface area contributed by atoms with Crippen LogP contribution in [0.5, 0.6) is 5.75 Å². The van der Waals surface area contributed by atoms with Crippen LogP contribution in [-0.4, -0.2) is 86.3 Å². The van der Waals surface area contributed by atoms with Gasteiger partial charge in [-0.05, 0) is 49.2 Å². The molecule has 238 valence electrons. The normalized spacial score (nSPS) is 21.9. The van der Waals surface area contributed by atoms with Crippen LogP contribution in [0.25, 0.3) is 22.1 Å². The highest BCUT2D eigenvalue weighted by molar-refractivity contribution is 6.09. The second kappa shape index (κ2) is 12.0. The number of carbonyl (C=O) groups excluding carboxylic acids is 1. The summed E-state index contributed by atoms with van der Waals surface area (Å²) in [4.78, 5) is 39.0. The molecule has 0 unspecified atom stereocenters. The molecular weight excluding hydrogens is 586 g/mol. The molecule has 0 radical (unpaired) electrons. The van der Waals surface area contributed by atoms with Crippen molar-refractivity contribution >= 4 is 57.1 Å². The first-order valence-electron chi connectivity index (χ1n) is 15.3. The smallest absolute Gasteiger partial charge is 0.259 e. The van der Waals surface area contributed by atoms with Crippen molar-refractivity contribution in [3.63, 3.8) is 0 Å². The van der Waals surface area contributed by atoms with Crippen LogP contribution in [0.3, 0.4) is 0 Å². The molecular formula is C31H37N13O2. The average Bonchev–Trinajstić information content (AvgIpc) is 3.43. The van der Waals surface area contributed by atoms with Gasteiger partial charge in [0, 0.05) is 73.3 Å². The Morgan fingerprint density at radius 1 is 0.826 bits per heavy atom. The second-order valence-corrected chi connectivity index (χ2v) is 12.1. The molecule has 0 bridgehead atoms. The Balaban J connectivity index is 1.13. The van der Waals surface area contributed by atoms with E-state index in [1.165, 1.54) is 0 Å². The second-order valence-electron chi connectivity index (χ2n) is 12.1. The fourth-order valence-electron chi connectivity index (χ4n) is 6.28. The highest BCUT2D eigenvalue weighted by Crippen LogP contribution is 2.31. The lowest BCUT2D eigenvalue weighted by Gasteiger charge is -2.37. The first-order valence-corrected chi connectivity index (χ1v) is 15.3. The number of hydrogen-bond acceptors (Lipinski definition) is 13. The van der Waals surface area contributed by atoms with E-state index in [1.54, 1.807) is 36.5 Å². The summed E-state index contributed by atoms with van der Waals surface area (Å²) in [6.45, 7) is 2.38. The Morgan fingerprint density at radius 3 is 2.17 bits per heavy atom. The monoisotopic (exact) mass is 623 g/mol. The number of phenolic OH excluding ortho intramolecular Hbond substituents is 1. The van der Waals surface area contributed by atoms with E-state index in [-0.39, 0.29) is 35.5 Å². The number of rotatable bonds is 6. The number of fused-ring (bicyclic) bond motifs is 2. The van der Waals surface area contributed by atoms with E-state index in [1.807, 2.05) is 23.1 Å². The topological polar surface area (TPSA) is 239 Å². The van der Waals surface area contributed by atoms with Crippen molar-refractivity contribution < 1.29 is 9.90 Å². The minimum absolute atomic E-state index is 0.0808. The van der Waals surface area contributed by atoms with E-state index in [4.69, 9.17) is 37.9 Å². The Hall–Kier alpha value is -5.09. The van der Waals surface area contributed by atoms with Crippen molar-refractivity contribution in [3.8, 4) is 5.75 Å². The molecule has 2 fully saturated rings. The summed E-state index contributed by atoms with van der Waals surface area (Å²) in [6, 6.07) is 13.7. The molecule has 46 heavy (non-hydrogen) atoms. The number of nitrogens with zero attached hydrogens (tertiary/aromatic N) is 6. The van der Waals surface area contributed by atoms with Crippen molar-refractivity contribution in [2.24, 2.45) is 22.9 Å². The summed E-state index contributed by atoms with van der Waals surface area (Å²) >= 11 is 0. The minimum Gasteiger partial charge on any atom is -0.505 e. The van der Waals surface area contributed by atoms with Crippen LogP contribution in [0.1, 0.15) is 23.2 Å². The van der Waals surface area contributed by atoms with Gasteiger partial charge >= 0.3 is 0 Å². The number of nitrogens with one attached hydrogen (secondary N) is 3. The van der Waals surface area contributed by atoms with Gasteiger partial charge in [-0.15, -0.1) is 0 Å². The number of benzene rings is 2. The fraction of sp³-hybridized carbons (Fsp3) is 0.323. The third kappa shape index (κ3) is 5.95. The maximum absolute atomic E-state index is 13.0. The van der Waals surface area contributed by atoms with Gasteiger partial charge in [0.15, 0.2) is 17.2 Å². The number of aromatic hydroxyl groups is 1. The molecule has 4 atom stereocenters. The lowest BCUT2D eigenvalue weighted by molar-refractivity contribution is 0.102. The van der Waals surface area contributed by atoms with Gasteiger partial charge in [0.05, 0.1) is 5.56 Å². The van der Waals surface area contributed by atoms with Crippen LogP contribution in [0.4, 0.5) is 29.1 Å². The lowest BCUT2D eigenvalue weighted by Crippen LogP contribution is -2.53. The van der Waals surface area contributed by atoms with E-state index in [2.05, 4.69) is 25.5 Å². The van der Waals surface area contributed by atoms with E-state index in [0.29, 0.717) is 66.3 Å². The Bertz CT molecular complexity index is 1880. The van der Waals surface area contributed by atoms with Gasteiger partial charge in [-0.2, -0.15) is 15.0 Å². The molecule has 1 amide bonds. The van der Waals surface area contributed by atoms with Gasteiger partial charge in [-0.3, -0.25) is 9.78 Å². The first kappa shape index (κ1) is 29.6. The van der Waals surface area contributed by atoms with Gasteiger partial charge in [0.25, 0.3) is 5.91 Å². The van der Waals surface area contributed by atoms with Gasteiger partial charge < -0.3 is 53.5 Å². The predicted octanol–water partition coefficient (Wildman–Crippen LogP) is 1.33. The number of aromatic nitrogens is 5. The summed E-state index contributed by atoms with van der Waals surface area (Å²) < 4.78 is 0. The number of nitrogens with two attached hydrogens (primary N) is 4. The zero-order valence-electron chi connectivity index (χ0n) is 25.1. The van der Waals surface area contributed by atoms with Crippen LogP contribution in [-0.2, 0) is 0 Å². The van der Waals surface area contributed by atoms with E-state index in [0.717, 1.165) is 23.9 Å². The van der Waals surface area contributed by atoms with Gasteiger partial charge in [-0.1, -0.05) is 12.1 Å². The number of carbonyl (C=O) groups is 1. The largest absolute Gasteiger partial charge is 0.505 e. The molecule has 7 rings (SSSR count). The summed E-state index contributed by atoms with van der Waals surface area (Å²) in [7, 11) is 0. The molecule has 3 aromatic heterocycles. The molecule has 12 N–H and O–H groups in total. The van der Waals surface area contributed by atoms with Gasteiger partial charge in [0.2, 0.25) is 11.9 Å². The highest BCUT2D eigenvalue weighted by Gasteiger charge is 2.30.